The van der Waals surface area contributed by atoms with Crippen molar-refractivity contribution in [3.05, 3.63) is 11.6 Å². The van der Waals surface area contributed by atoms with Gasteiger partial charge in [-0.25, -0.2) is 9.59 Å². The van der Waals surface area contributed by atoms with Crippen molar-refractivity contribution in [2.75, 3.05) is 0 Å². The van der Waals surface area contributed by atoms with E-state index in [2.05, 4.69) is 11.5 Å². The highest BCUT2D eigenvalue weighted by Gasteiger charge is 1.94. The third kappa shape index (κ3) is 15.8. The first-order valence-corrected chi connectivity index (χ1v) is 3.36. The van der Waals surface area contributed by atoms with Crippen molar-refractivity contribution in [1.82, 2.24) is 0 Å². The van der Waals surface area contributed by atoms with Gasteiger partial charge in [-0.1, -0.05) is 13.0 Å². The summed E-state index contributed by atoms with van der Waals surface area (Å²) in [5, 5.41) is 8.24. The van der Waals surface area contributed by atoms with Crippen LogP contribution in [0.15, 0.2) is 11.6 Å². The van der Waals surface area contributed by atoms with Gasteiger partial charge in [0, 0.05) is 5.57 Å². The van der Waals surface area contributed by atoms with Gasteiger partial charge in [0.15, 0.2) is 0 Å². The number of primary amides is 2. The van der Waals surface area contributed by atoms with Gasteiger partial charge in [0.25, 0.3) is 0 Å². The first-order chi connectivity index (χ1) is 5.41. The first-order valence-electron chi connectivity index (χ1n) is 3.36. The number of hydrogen-bond donors (Lipinski definition) is 3. The van der Waals surface area contributed by atoms with E-state index in [-0.39, 0.29) is 0 Å². The molecule has 0 rings (SSSR count). The number of aliphatic carboxylic acids is 1. The molecule has 5 N–H and O–H groups in total. The zero-order valence-electron chi connectivity index (χ0n) is 7.20. The van der Waals surface area contributed by atoms with Crippen LogP contribution in [-0.4, -0.2) is 17.1 Å². The summed E-state index contributed by atoms with van der Waals surface area (Å²) in [6.45, 7) is 3.50. The summed E-state index contributed by atoms with van der Waals surface area (Å²) in [7, 11) is 0. The Bertz CT molecular complexity index is 183. The molecule has 0 spiro atoms. The molecular formula is C7H14N2O3. The van der Waals surface area contributed by atoms with E-state index in [0.717, 1.165) is 6.42 Å². The smallest absolute Gasteiger partial charge is 0.330 e. The number of carboxylic acid groups (broad SMARTS) is 1. The van der Waals surface area contributed by atoms with Gasteiger partial charge in [0.1, 0.15) is 0 Å². The number of amides is 2. The number of carbonyl (C=O) groups is 2. The molecule has 5 nitrogen and oxygen atoms in total. The van der Waals surface area contributed by atoms with Crippen LogP contribution in [0.5, 0.6) is 0 Å². The second-order valence-electron chi connectivity index (χ2n) is 2.00. The van der Waals surface area contributed by atoms with E-state index in [1.807, 2.05) is 6.92 Å². The van der Waals surface area contributed by atoms with Gasteiger partial charge in [-0.15, -0.1) is 0 Å². The highest BCUT2D eigenvalue weighted by molar-refractivity contribution is 5.85. The van der Waals surface area contributed by atoms with Crippen molar-refractivity contribution in [2.45, 2.75) is 20.3 Å². The zero-order valence-corrected chi connectivity index (χ0v) is 7.20. The van der Waals surface area contributed by atoms with E-state index in [1.54, 1.807) is 13.0 Å². The number of allylic oxidation sites excluding steroid dienone is 1. The predicted molar refractivity (Wildman–Crippen MR) is 45.5 cm³/mol. The number of rotatable bonds is 2. The van der Waals surface area contributed by atoms with Crippen LogP contribution in [0, 0.1) is 0 Å². The lowest BCUT2D eigenvalue weighted by Gasteiger charge is -1.87. The normalized spacial score (nSPS) is 9.67. The fourth-order valence-corrected chi connectivity index (χ4v) is 0.393. The second-order valence-corrected chi connectivity index (χ2v) is 2.00. The topological polar surface area (TPSA) is 106 Å². The Morgan fingerprint density at radius 3 is 1.83 bits per heavy atom. The van der Waals surface area contributed by atoms with Crippen LogP contribution in [0.25, 0.3) is 0 Å². The summed E-state index contributed by atoms with van der Waals surface area (Å²) in [6, 6.07) is -0.833. The highest BCUT2D eigenvalue weighted by atomic mass is 16.4. The van der Waals surface area contributed by atoms with Gasteiger partial charge in [0.2, 0.25) is 0 Å². The van der Waals surface area contributed by atoms with E-state index in [4.69, 9.17) is 9.90 Å². The van der Waals surface area contributed by atoms with E-state index in [0.29, 0.717) is 5.57 Å². The zero-order chi connectivity index (χ0) is 10.1. The largest absolute Gasteiger partial charge is 0.478 e. The van der Waals surface area contributed by atoms with E-state index in [1.165, 1.54) is 0 Å². The molecule has 0 heterocycles. The molecule has 70 valence electrons. The maximum Gasteiger partial charge on any atom is 0.330 e. The van der Waals surface area contributed by atoms with Crippen LogP contribution >= 0.6 is 0 Å². The van der Waals surface area contributed by atoms with E-state index >= 15 is 0 Å². The Hall–Kier alpha value is -1.52. The average molecular weight is 174 g/mol. The number of nitrogens with two attached hydrogens (primary N) is 2. The molecule has 0 aromatic carbocycles. The standard InChI is InChI=1S/C6H10O2.CH4N2O/c1-3-4-5(2)6(7)8;2-1(3)4/h4H,3H2,1-2H3,(H,7,8);(H4,2,3,4). The average Bonchev–Trinajstić information content (AvgIpc) is 1.86. The molecule has 5 heteroatoms. The van der Waals surface area contributed by atoms with E-state index in [9.17, 15) is 4.79 Å². The Balaban J connectivity index is 0. The third-order valence-electron chi connectivity index (χ3n) is 0.848. The molecule has 0 fully saturated rings. The van der Waals surface area contributed by atoms with Crippen LogP contribution in [-0.2, 0) is 4.79 Å². The van der Waals surface area contributed by atoms with Crippen LogP contribution in [0.3, 0.4) is 0 Å². The summed E-state index contributed by atoms with van der Waals surface area (Å²) in [5.41, 5.74) is 8.92. The number of hydrogen-bond acceptors (Lipinski definition) is 2. The van der Waals surface area contributed by atoms with Gasteiger partial charge in [-0.05, 0) is 13.3 Å². The Kier molecular flexibility index (Phi) is 8.28. The molecular weight excluding hydrogens is 160 g/mol. The van der Waals surface area contributed by atoms with Gasteiger partial charge in [-0.3, -0.25) is 0 Å². The van der Waals surface area contributed by atoms with Gasteiger partial charge in [0.05, 0.1) is 0 Å². The van der Waals surface area contributed by atoms with Crippen molar-refractivity contribution in [1.29, 1.82) is 0 Å². The number of carboxylic acids is 1. The molecule has 0 aliphatic rings. The minimum Gasteiger partial charge on any atom is -0.478 e. The van der Waals surface area contributed by atoms with Gasteiger partial charge in [-0.2, -0.15) is 0 Å². The third-order valence-corrected chi connectivity index (χ3v) is 0.848. The SMILES string of the molecule is CCC=C(C)C(=O)O.NC(N)=O. The molecule has 0 aromatic rings. The molecule has 0 aliphatic heterocycles. The molecule has 0 aromatic heterocycles. The van der Waals surface area contributed by atoms with Gasteiger partial charge < -0.3 is 16.6 Å². The fraction of sp³-hybridized carbons (Fsp3) is 0.429. The van der Waals surface area contributed by atoms with Crippen molar-refractivity contribution >= 4 is 12.0 Å². The fourth-order valence-electron chi connectivity index (χ4n) is 0.393. The summed E-state index contributed by atoms with van der Waals surface area (Å²) >= 11 is 0. The monoisotopic (exact) mass is 174 g/mol. The summed E-state index contributed by atoms with van der Waals surface area (Å²) < 4.78 is 0. The molecule has 0 unspecified atom stereocenters. The minimum atomic E-state index is -0.833. The van der Waals surface area contributed by atoms with Crippen LogP contribution < -0.4 is 11.5 Å². The van der Waals surface area contributed by atoms with Crippen molar-refractivity contribution in [2.24, 2.45) is 11.5 Å². The van der Waals surface area contributed by atoms with Crippen molar-refractivity contribution < 1.29 is 14.7 Å². The number of urea groups is 1. The Morgan fingerprint density at radius 1 is 1.42 bits per heavy atom. The van der Waals surface area contributed by atoms with Crippen LogP contribution in [0.2, 0.25) is 0 Å². The maximum atomic E-state index is 10.0. The second kappa shape index (κ2) is 7.59. The summed E-state index contributed by atoms with van der Waals surface area (Å²) in [4.78, 5) is 19.0. The Morgan fingerprint density at radius 2 is 1.75 bits per heavy atom. The minimum absolute atomic E-state index is 0.424. The first kappa shape index (κ1) is 13.1. The summed E-state index contributed by atoms with van der Waals surface area (Å²) in [5.74, 6) is -0.827. The predicted octanol–water partition coefficient (Wildman–Crippen LogP) is 0.451. The Labute approximate surface area is 71.0 Å². The molecule has 0 atom stereocenters. The molecule has 0 aliphatic carbocycles. The lowest BCUT2D eigenvalue weighted by molar-refractivity contribution is -0.132. The quantitative estimate of drug-likeness (QED) is 0.529. The summed E-state index contributed by atoms with van der Waals surface area (Å²) in [6.07, 6.45) is 2.47. The van der Waals surface area contributed by atoms with Crippen LogP contribution in [0.1, 0.15) is 20.3 Å². The van der Waals surface area contributed by atoms with Crippen molar-refractivity contribution in [3.63, 3.8) is 0 Å². The maximum absolute atomic E-state index is 10.0. The van der Waals surface area contributed by atoms with Gasteiger partial charge >= 0.3 is 12.0 Å². The lowest BCUT2D eigenvalue weighted by atomic mass is 10.2. The molecule has 0 bridgehead atoms. The molecule has 0 saturated heterocycles. The van der Waals surface area contributed by atoms with Crippen LogP contribution in [0.4, 0.5) is 4.79 Å². The molecule has 0 saturated carbocycles. The lowest BCUT2D eigenvalue weighted by Crippen LogP contribution is -2.18. The molecule has 0 radical (unpaired) electrons. The molecule has 2 amide bonds. The van der Waals surface area contributed by atoms with Crippen molar-refractivity contribution in [3.8, 4) is 0 Å². The van der Waals surface area contributed by atoms with E-state index < -0.39 is 12.0 Å². The number of carbonyl (C=O) groups excluding carboxylic acids is 1. The highest BCUT2D eigenvalue weighted by Crippen LogP contribution is 1.92. The molecule has 12 heavy (non-hydrogen) atoms.